The summed E-state index contributed by atoms with van der Waals surface area (Å²) in [6.45, 7) is 6.50. The number of fused-ring (bicyclic) bond motifs is 1. The predicted molar refractivity (Wildman–Crippen MR) is 84.9 cm³/mol. The Balaban J connectivity index is 1.78. The largest absolute Gasteiger partial charge is 0.485 e. The summed E-state index contributed by atoms with van der Waals surface area (Å²) in [5, 5.41) is 0. The van der Waals surface area contributed by atoms with E-state index in [1.807, 2.05) is 6.07 Å². The van der Waals surface area contributed by atoms with Crippen LogP contribution in [0.25, 0.3) is 0 Å². The van der Waals surface area contributed by atoms with Crippen molar-refractivity contribution in [1.82, 2.24) is 0 Å². The number of nitrogens with two attached hydrogens (primary N) is 1. The first kappa shape index (κ1) is 14.7. The Morgan fingerprint density at radius 1 is 1.33 bits per heavy atom. The van der Waals surface area contributed by atoms with Crippen molar-refractivity contribution in [2.75, 3.05) is 0 Å². The second kappa shape index (κ2) is 5.53. The van der Waals surface area contributed by atoms with Gasteiger partial charge in [0, 0.05) is 18.0 Å². The molecule has 0 bridgehead atoms. The van der Waals surface area contributed by atoms with Gasteiger partial charge in [-0.05, 0) is 45.1 Å². The van der Waals surface area contributed by atoms with Gasteiger partial charge in [-0.3, -0.25) is 0 Å². The van der Waals surface area contributed by atoms with Gasteiger partial charge < -0.3 is 15.2 Å². The molecule has 3 unspecified atom stereocenters. The highest BCUT2D eigenvalue weighted by molar-refractivity contribution is 5.50. The highest BCUT2D eigenvalue weighted by Crippen LogP contribution is 2.43. The van der Waals surface area contributed by atoms with E-state index in [-0.39, 0.29) is 17.7 Å². The molecule has 2 N–H and O–H groups in total. The molecule has 1 aromatic carbocycles. The molecule has 0 radical (unpaired) electrons. The normalized spacial score (nSPS) is 30.6. The van der Waals surface area contributed by atoms with Crippen LogP contribution in [0.3, 0.4) is 0 Å². The van der Waals surface area contributed by atoms with Crippen LogP contribution in [0.5, 0.6) is 11.5 Å². The van der Waals surface area contributed by atoms with Gasteiger partial charge in [0.15, 0.2) is 11.5 Å². The van der Waals surface area contributed by atoms with Crippen LogP contribution in [0.15, 0.2) is 18.2 Å². The fourth-order valence-electron chi connectivity index (χ4n) is 3.58. The second-order valence-corrected chi connectivity index (χ2v) is 7.19. The molecule has 21 heavy (non-hydrogen) atoms. The van der Waals surface area contributed by atoms with Crippen molar-refractivity contribution in [2.45, 2.75) is 70.6 Å². The standard InChI is InChI=1S/C18H27NO2/c1-4-12-8-9-14(19)16(10-12)20-15-7-5-6-13-11-18(2,3)21-17(13)15/h5-7,12,14,16H,4,8-11,19H2,1-3H3. The molecule has 1 aromatic rings. The minimum absolute atomic E-state index is 0.113. The molecular formula is C18H27NO2. The average Bonchev–Trinajstić information content (AvgIpc) is 2.76. The Hall–Kier alpha value is -1.22. The molecule has 116 valence electrons. The van der Waals surface area contributed by atoms with Crippen molar-refractivity contribution in [1.29, 1.82) is 0 Å². The highest BCUT2D eigenvalue weighted by atomic mass is 16.5. The van der Waals surface area contributed by atoms with E-state index in [1.165, 1.54) is 18.4 Å². The first-order chi connectivity index (χ1) is 9.98. The van der Waals surface area contributed by atoms with Crippen molar-refractivity contribution < 1.29 is 9.47 Å². The summed E-state index contributed by atoms with van der Waals surface area (Å²) in [5.41, 5.74) is 7.38. The molecule has 3 nitrogen and oxygen atoms in total. The molecule has 0 amide bonds. The summed E-state index contributed by atoms with van der Waals surface area (Å²) in [4.78, 5) is 0. The number of ether oxygens (including phenoxy) is 2. The first-order valence-electron chi connectivity index (χ1n) is 8.21. The summed E-state index contributed by atoms with van der Waals surface area (Å²) in [6, 6.07) is 6.35. The van der Waals surface area contributed by atoms with Gasteiger partial charge in [-0.15, -0.1) is 0 Å². The summed E-state index contributed by atoms with van der Waals surface area (Å²) in [7, 11) is 0. The second-order valence-electron chi connectivity index (χ2n) is 7.19. The van der Waals surface area contributed by atoms with Crippen molar-refractivity contribution in [3.05, 3.63) is 23.8 Å². The number of rotatable bonds is 3. The van der Waals surface area contributed by atoms with Crippen LogP contribution in [-0.4, -0.2) is 17.7 Å². The molecule has 1 aliphatic carbocycles. The third kappa shape index (κ3) is 3.03. The molecular weight excluding hydrogens is 262 g/mol. The van der Waals surface area contributed by atoms with E-state index in [2.05, 4.69) is 32.9 Å². The minimum Gasteiger partial charge on any atom is -0.485 e. The van der Waals surface area contributed by atoms with E-state index in [1.54, 1.807) is 0 Å². The number of hydrogen-bond acceptors (Lipinski definition) is 3. The van der Waals surface area contributed by atoms with Gasteiger partial charge in [0.2, 0.25) is 0 Å². The molecule has 0 spiro atoms. The maximum absolute atomic E-state index is 6.29. The van der Waals surface area contributed by atoms with Crippen LogP contribution in [0.1, 0.15) is 52.0 Å². The zero-order valence-electron chi connectivity index (χ0n) is 13.4. The van der Waals surface area contributed by atoms with E-state index >= 15 is 0 Å². The molecule has 1 fully saturated rings. The van der Waals surface area contributed by atoms with Gasteiger partial charge in [0.1, 0.15) is 11.7 Å². The van der Waals surface area contributed by atoms with E-state index in [0.717, 1.165) is 36.7 Å². The molecule has 1 heterocycles. The van der Waals surface area contributed by atoms with Crippen LogP contribution in [0.4, 0.5) is 0 Å². The number of hydrogen-bond donors (Lipinski definition) is 1. The Bertz CT molecular complexity index is 512. The van der Waals surface area contributed by atoms with E-state index in [9.17, 15) is 0 Å². The smallest absolute Gasteiger partial charge is 0.165 e. The molecule has 1 saturated carbocycles. The molecule has 1 aliphatic heterocycles. The van der Waals surface area contributed by atoms with E-state index < -0.39 is 0 Å². The summed E-state index contributed by atoms with van der Waals surface area (Å²) >= 11 is 0. The van der Waals surface area contributed by atoms with Gasteiger partial charge in [-0.2, -0.15) is 0 Å². The Kier molecular flexibility index (Phi) is 3.87. The van der Waals surface area contributed by atoms with E-state index in [4.69, 9.17) is 15.2 Å². The predicted octanol–water partition coefficient (Wildman–Crippen LogP) is 3.68. The first-order valence-corrected chi connectivity index (χ1v) is 8.21. The van der Waals surface area contributed by atoms with Gasteiger partial charge in [0.25, 0.3) is 0 Å². The van der Waals surface area contributed by atoms with E-state index in [0.29, 0.717) is 0 Å². The lowest BCUT2D eigenvalue weighted by Gasteiger charge is -2.34. The van der Waals surface area contributed by atoms with Crippen LogP contribution < -0.4 is 15.2 Å². The lowest BCUT2D eigenvalue weighted by molar-refractivity contribution is 0.0878. The Labute approximate surface area is 127 Å². The third-order valence-electron chi connectivity index (χ3n) is 4.86. The van der Waals surface area contributed by atoms with Gasteiger partial charge in [-0.25, -0.2) is 0 Å². The topological polar surface area (TPSA) is 44.5 Å². The molecule has 0 aromatic heterocycles. The van der Waals surface area contributed by atoms with Crippen LogP contribution in [0, 0.1) is 5.92 Å². The fourth-order valence-corrected chi connectivity index (χ4v) is 3.58. The summed E-state index contributed by atoms with van der Waals surface area (Å²) in [6.07, 6.45) is 5.61. The maximum Gasteiger partial charge on any atom is 0.165 e. The number of benzene rings is 1. The van der Waals surface area contributed by atoms with Crippen molar-refractivity contribution in [3.63, 3.8) is 0 Å². The quantitative estimate of drug-likeness (QED) is 0.923. The van der Waals surface area contributed by atoms with Gasteiger partial charge >= 0.3 is 0 Å². The lowest BCUT2D eigenvalue weighted by Crippen LogP contribution is -2.43. The Morgan fingerprint density at radius 3 is 2.90 bits per heavy atom. The molecule has 3 atom stereocenters. The molecule has 0 saturated heterocycles. The molecule has 2 aliphatic rings. The third-order valence-corrected chi connectivity index (χ3v) is 4.86. The van der Waals surface area contributed by atoms with Crippen molar-refractivity contribution in [3.8, 4) is 11.5 Å². The molecule has 3 heteroatoms. The van der Waals surface area contributed by atoms with Crippen LogP contribution in [0.2, 0.25) is 0 Å². The zero-order valence-corrected chi connectivity index (χ0v) is 13.4. The summed E-state index contributed by atoms with van der Waals surface area (Å²) in [5.74, 6) is 2.53. The van der Waals surface area contributed by atoms with Crippen LogP contribution >= 0.6 is 0 Å². The highest BCUT2D eigenvalue weighted by Gasteiger charge is 2.34. The monoisotopic (exact) mass is 289 g/mol. The maximum atomic E-state index is 6.29. The zero-order chi connectivity index (χ0) is 15.0. The van der Waals surface area contributed by atoms with Crippen molar-refractivity contribution >= 4 is 0 Å². The SMILES string of the molecule is CCC1CCC(N)C(Oc2cccc3c2OC(C)(C)C3)C1. The minimum atomic E-state index is -0.136. The average molecular weight is 289 g/mol. The van der Waals surface area contributed by atoms with Gasteiger partial charge in [0.05, 0.1) is 0 Å². The van der Waals surface area contributed by atoms with Crippen LogP contribution in [-0.2, 0) is 6.42 Å². The van der Waals surface area contributed by atoms with Crippen molar-refractivity contribution in [2.24, 2.45) is 11.7 Å². The van der Waals surface area contributed by atoms with Gasteiger partial charge in [-0.1, -0.05) is 25.5 Å². The Morgan fingerprint density at radius 2 is 2.14 bits per heavy atom. The lowest BCUT2D eigenvalue weighted by atomic mass is 9.83. The number of para-hydroxylation sites is 1. The molecule has 3 rings (SSSR count). The fraction of sp³-hybridized carbons (Fsp3) is 0.667. The summed E-state index contributed by atoms with van der Waals surface area (Å²) < 4.78 is 12.4.